The average Bonchev–Trinajstić information content (AvgIpc) is 2.95. The van der Waals surface area contributed by atoms with Gasteiger partial charge in [-0.1, -0.05) is 60.8 Å². The van der Waals surface area contributed by atoms with Gasteiger partial charge in [-0.05, 0) is 98.8 Å². The van der Waals surface area contributed by atoms with Crippen LogP contribution in [-0.4, -0.2) is 43.8 Å². The van der Waals surface area contributed by atoms with Crippen molar-refractivity contribution in [1.29, 1.82) is 0 Å². The molecule has 0 spiro atoms. The zero-order valence-electron chi connectivity index (χ0n) is 24.3. The molecule has 7 nitrogen and oxygen atoms in total. The highest BCUT2D eigenvalue weighted by Crippen LogP contribution is 2.28. The van der Waals surface area contributed by atoms with Gasteiger partial charge in [-0.2, -0.15) is 0 Å². The number of carbonyl (C=O) groups excluding carboxylic acids is 2. The predicted octanol–water partition coefficient (Wildman–Crippen LogP) is 7.18. The number of sulfonamides is 1. The Morgan fingerprint density at radius 2 is 1.52 bits per heavy atom. The molecule has 0 saturated heterocycles. The number of hydrogen-bond donors (Lipinski definition) is 1. The third kappa shape index (κ3) is 8.19. The average molecular weight is 653 g/mol. The van der Waals surface area contributed by atoms with E-state index in [1.165, 1.54) is 29.2 Å². The Labute approximate surface area is 263 Å². The van der Waals surface area contributed by atoms with E-state index in [-0.39, 0.29) is 23.4 Å². The van der Waals surface area contributed by atoms with Crippen molar-refractivity contribution >= 4 is 62.3 Å². The molecule has 226 valence electrons. The van der Waals surface area contributed by atoms with E-state index in [4.69, 9.17) is 34.8 Å². The molecular weight excluding hydrogens is 617 g/mol. The quantitative estimate of drug-likeness (QED) is 0.225. The van der Waals surface area contributed by atoms with E-state index >= 15 is 0 Å². The van der Waals surface area contributed by atoms with Gasteiger partial charge in [0, 0.05) is 17.6 Å². The number of benzene rings is 3. The molecule has 3 rings (SSSR count). The fourth-order valence-electron chi connectivity index (χ4n) is 4.34. The van der Waals surface area contributed by atoms with E-state index in [9.17, 15) is 18.0 Å². The minimum Gasteiger partial charge on any atom is -0.352 e. The molecule has 0 bridgehead atoms. The van der Waals surface area contributed by atoms with Crippen molar-refractivity contribution < 1.29 is 18.0 Å². The fourth-order valence-corrected chi connectivity index (χ4v) is 6.19. The van der Waals surface area contributed by atoms with Crippen molar-refractivity contribution in [3.05, 3.63) is 92.4 Å². The van der Waals surface area contributed by atoms with Gasteiger partial charge < -0.3 is 10.2 Å². The second kappa shape index (κ2) is 14.6. The summed E-state index contributed by atoms with van der Waals surface area (Å²) in [6.45, 7) is 8.91. The SMILES string of the molecule is CCC(C)NC(=O)C(CC)N(Cc1ccc(Cl)c(Cl)c1)C(=O)CN(c1ccc(C)c(C)c1)S(=O)(=O)c1ccc(Cl)cc1. The highest BCUT2D eigenvalue weighted by atomic mass is 35.5. The smallest absolute Gasteiger partial charge is 0.264 e. The van der Waals surface area contributed by atoms with Gasteiger partial charge in [0.2, 0.25) is 11.8 Å². The zero-order chi connectivity index (χ0) is 31.2. The summed E-state index contributed by atoms with van der Waals surface area (Å²) in [6.07, 6.45) is 1.02. The first-order chi connectivity index (χ1) is 19.8. The largest absolute Gasteiger partial charge is 0.352 e. The summed E-state index contributed by atoms with van der Waals surface area (Å²) < 4.78 is 29.1. The summed E-state index contributed by atoms with van der Waals surface area (Å²) in [5, 5.41) is 4.00. The van der Waals surface area contributed by atoms with Crippen LogP contribution in [0, 0.1) is 13.8 Å². The van der Waals surface area contributed by atoms with Crippen molar-refractivity contribution in [3.63, 3.8) is 0 Å². The van der Waals surface area contributed by atoms with Crippen molar-refractivity contribution in [3.8, 4) is 0 Å². The Hall–Kier alpha value is -2.78. The standard InChI is InChI=1S/C31H36Cl3N3O4S/c1-6-22(5)35-31(39)29(7-2)36(18-23-9-15-27(33)28(34)17-23)30(38)19-37(25-12-8-20(3)21(4)16-25)42(40,41)26-13-10-24(32)11-14-26/h8-17,22,29H,6-7,18-19H2,1-5H3,(H,35,39). The van der Waals surface area contributed by atoms with Gasteiger partial charge >= 0.3 is 0 Å². The Balaban J connectivity index is 2.10. The summed E-state index contributed by atoms with van der Waals surface area (Å²) in [5.41, 5.74) is 2.81. The maximum atomic E-state index is 14.2. The molecule has 0 saturated carbocycles. The molecule has 11 heteroatoms. The van der Waals surface area contributed by atoms with Crippen LogP contribution in [0.3, 0.4) is 0 Å². The van der Waals surface area contributed by atoms with Gasteiger partial charge in [-0.25, -0.2) is 8.42 Å². The van der Waals surface area contributed by atoms with Crippen LogP contribution in [0.1, 0.15) is 50.3 Å². The molecule has 0 aliphatic rings. The topological polar surface area (TPSA) is 86.8 Å². The number of aryl methyl sites for hydroxylation is 2. The number of nitrogens with one attached hydrogen (secondary N) is 1. The van der Waals surface area contributed by atoms with Gasteiger partial charge in [-0.15, -0.1) is 0 Å². The number of halogens is 3. The molecule has 1 N–H and O–H groups in total. The maximum Gasteiger partial charge on any atom is 0.264 e. The van der Waals surface area contributed by atoms with Gasteiger partial charge in [0.25, 0.3) is 10.0 Å². The van der Waals surface area contributed by atoms with Crippen LogP contribution in [0.2, 0.25) is 15.1 Å². The first-order valence-corrected chi connectivity index (χ1v) is 16.2. The third-order valence-electron chi connectivity index (χ3n) is 7.18. The van der Waals surface area contributed by atoms with E-state index in [0.717, 1.165) is 15.4 Å². The number of nitrogens with zero attached hydrogens (tertiary/aromatic N) is 2. The van der Waals surface area contributed by atoms with Crippen LogP contribution >= 0.6 is 34.8 Å². The van der Waals surface area contributed by atoms with Crippen molar-refractivity contribution in [2.45, 2.75) is 71.0 Å². The molecule has 0 aromatic heterocycles. The summed E-state index contributed by atoms with van der Waals surface area (Å²) in [6, 6.07) is 15.0. The molecule has 2 amide bonds. The molecular formula is C31H36Cl3N3O4S. The lowest BCUT2D eigenvalue weighted by molar-refractivity contribution is -0.140. The lowest BCUT2D eigenvalue weighted by Gasteiger charge is -2.34. The third-order valence-corrected chi connectivity index (χ3v) is 9.96. The summed E-state index contributed by atoms with van der Waals surface area (Å²) in [7, 11) is -4.20. The highest BCUT2D eigenvalue weighted by molar-refractivity contribution is 7.92. The van der Waals surface area contributed by atoms with E-state index in [2.05, 4.69) is 5.32 Å². The number of hydrogen-bond acceptors (Lipinski definition) is 4. The van der Waals surface area contributed by atoms with E-state index in [1.807, 2.05) is 34.6 Å². The summed E-state index contributed by atoms with van der Waals surface area (Å²) in [4.78, 5) is 29.0. The van der Waals surface area contributed by atoms with Crippen LogP contribution in [0.5, 0.6) is 0 Å². The molecule has 0 aliphatic heterocycles. The van der Waals surface area contributed by atoms with Gasteiger partial charge in [-0.3, -0.25) is 13.9 Å². The van der Waals surface area contributed by atoms with Crippen molar-refractivity contribution in [1.82, 2.24) is 10.2 Å². The molecule has 3 aromatic rings. The Bertz CT molecular complexity index is 1530. The molecule has 3 aromatic carbocycles. The predicted molar refractivity (Wildman–Crippen MR) is 171 cm³/mol. The first-order valence-electron chi connectivity index (χ1n) is 13.7. The number of anilines is 1. The lowest BCUT2D eigenvalue weighted by Crippen LogP contribution is -2.53. The number of carbonyl (C=O) groups is 2. The molecule has 2 unspecified atom stereocenters. The van der Waals surface area contributed by atoms with Crippen LogP contribution < -0.4 is 9.62 Å². The Morgan fingerprint density at radius 3 is 2.10 bits per heavy atom. The molecule has 0 heterocycles. The van der Waals surface area contributed by atoms with Crippen LogP contribution in [-0.2, 0) is 26.2 Å². The fraction of sp³-hybridized carbons (Fsp3) is 0.355. The van der Waals surface area contributed by atoms with Gasteiger partial charge in [0.05, 0.1) is 20.6 Å². The van der Waals surface area contributed by atoms with Crippen LogP contribution in [0.25, 0.3) is 0 Å². The molecule has 0 fully saturated rings. The minimum atomic E-state index is -4.20. The molecule has 0 aliphatic carbocycles. The van der Waals surface area contributed by atoms with Crippen molar-refractivity contribution in [2.24, 2.45) is 0 Å². The highest BCUT2D eigenvalue weighted by Gasteiger charge is 2.34. The number of rotatable bonds is 12. The number of amides is 2. The van der Waals surface area contributed by atoms with E-state index < -0.39 is 28.5 Å². The van der Waals surface area contributed by atoms with Gasteiger partial charge in [0.1, 0.15) is 12.6 Å². The van der Waals surface area contributed by atoms with Crippen LogP contribution in [0.4, 0.5) is 5.69 Å². The van der Waals surface area contributed by atoms with E-state index in [1.54, 1.807) is 36.4 Å². The minimum absolute atomic E-state index is 0.0178. The maximum absolute atomic E-state index is 14.2. The summed E-state index contributed by atoms with van der Waals surface area (Å²) in [5.74, 6) is -0.874. The normalized spacial score (nSPS) is 12.9. The lowest BCUT2D eigenvalue weighted by atomic mass is 10.1. The van der Waals surface area contributed by atoms with E-state index in [0.29, 0.717) is 39.2 Å². The Morgan fingerprint density at radius 1 is 0.857 bits per heavy atom. The van der Waals surface area contributed by atoms with Crippen molar-refractivity contribution in [2.75, 3.05) is 10.8 Å². The molecule has 42 heavy (non-hydrogen) atoms. The second-order valence-corrected chi connectivity index (χ2v) is 13.4. The van der Waals surface area contributed by atoms with Gasteiger partial charge in [0.15, 0.2) is 0 Å². The molecule has 2 atom stereocenters. The molecule has 0 radical (unpaired) electrons. The second-order valence-electron chi connectivity index (χ2n) is 10.2. The van der Waals surface area contributed by atoms with Crippen LogP contribution in [0.15, 0.2) is 65.6 Å². The summed E-state index contributed by atoms with van der Waals surface area (Å²) >= 11 is 18.4. The monoisotopic (exact) mass is 651 g/mol. The first kappa shape index (κ1) is 33.7. The Kier molecular flexibility index (Phi) is 11.7. The zero-order valence-corrected chi connectivity index (χ0v) is 27.4.